The molecule has 0 saturated carbocycles. The quantitative estimate of drug-likeness (QED) is 0.585. The first-order valence-electron chi connectivity index (χ1n) is 6.62. The van der Waals surface area contributed by atoms with Gasteiger partial charge in [0, 0.05) is 6.20 Å². The lowest BCUT2D eigenvalue weighted by molar-refractivity contribution is -0.138. The van der Waals surface area contributed by atoms with E-state index in [0.717, 1.165) is 0 Å². The molecule has 0 amide bonds. The van der Waals surface area contributed by atoms with Crippen molar-refractivity contribution < 1.29 is 34.9 Å². The second-order valence-electron chi connectivity index (χ2n) is 4.75. The summed E-state index contributed by atoms with van der Waals surface area (Å²) in [5.41, 5.74) is 2.62. The summed E-state index contributed by atoms with van der Waals surface area (Å²) >= 11 is 5.30. The van der Waals surface area contributed by atoms with Crippen LogP contribution < -0.4 is 5.73 Å². The van der Waals surface area contributed by atoms with Crippen molar-refractivity contribution in [3.8, 4) is 0 Å². The second kappa shape index (κ2) is 8.25. The second-order valence-corrected chi connectivity index (χ2v) is 6.58. The number of pyridine rings is 1. The molecule has 0 atom stereocenters. The summed E-state index contributed by atoms with van der Waals surface area (Å²) in [6.45, 7) is -1.08. The molecule has 2 aromatic rings. The zero-order valence-electron chi connectivity index (χ0n) is 12.7. The molecule has 12 heteroatoms. The Balaban J connectivity index is 0.000000289. The van der Waals surface area contributed by atoms with Crippen LogP contribution in [-0.4, -0.2) is 24.5 Å². The Kier molecular flexibility index (Phi) is 7.05. The Labute approximate surface area is 150 Å². The van der Waals surface area contributed by atoms with E-state index in [9.17, 15) is 30.4 Å². The fourth-order valence-electron chi connectivity index (χ4n) is 1.55. The van der Waals surface area contributed by atoms with E-state index >= 15 is 0 Å². The molecular weight excluding hydrogens is 407 g/mol. The molecule has 0 bridgehead atoms. The zero-order valence-corrected chi connectivity index (χ0v) is 14.3. The van der Waals surface area contributed by atoms with E-state index in [1.165, 1.54) is 12.1 Å². The fraction of sp³-hybridized carbons (Fsp3) is 0.214. The number of halogens is 6. The molecule has 3 N–H and O–H groups in total. The minimum absolute atomic E-state index is 0.0741. The molecule has 0 unspecified atom stereocenters. The van der Waals surface area contributed by atoms with Gasteiger partial charge in [0.05, 0.1) is 22.0 Å². The SMILES string of the molecule is NCC(F)(F)c1ncc(C(F)(F)F)cc1Cl.O=S(=O)(O)c1ccccc1. The van der Waals surface area contributed by atoms with Crippen molar-refractivity contribution in [3.05, 3.63) is 58.9 Å². The predicted molar refractivity (Wildman–Crippen MR) is 83.5 cm³/mol. The van der Waals surface area contributed by atoms with Crippen molar-refractivity contribution in [1.29, 1.82) is 0 Å². The van der Waals surface area contributed by atoms with Gasteiger partial charge in [-0.25, -0.2) is 0 Å². The maximum Gasteiger partial charge on any atom is 0.417 e. The topological polar surface area (TPSA) is 93.3 Å². The molecular formula is C14H12ClF5N2O3S. The first kappa shape index (κ1) is 22.2. The van der Waals surface area contributed by atoms with Crippen LogP contribution in [0.1, 0.15) is 11.3 Å². The number of nitrogens with zero attached hydrogens (tertiary/aromatic N) is 1. The highest BCUT2D eigenvalue weighted by Gasteiger charge is 2.37. The van der Waals surface area contributed by atoms with E-state index in [1.54, 1.807) is 18.2 Å². The van der Waals surface area contributed by atoms with Gasteiger partial charge in [0.25, 0.3) is 10.1 Å². The van der Waals surface area contributed by atoms with E-state index in [1.807, 2.05) is 0 Å². The molecule has 0 saturated heterocycles. The summed E-state index contributed by atoms with van der Waals surface area (Å²) in [6, 6.07) is 7.82. The van der Waals surface area contributed by atoms with Gasteiger partial charge in [0.2, 0.25) is 0 Å². The molecule has 1 heterocycles. The van der Waals surface area contributed by atoms with Crippen LogP contribution in [0.2, 0.25) is 5.02 Å². The molecule has 0 radical (unpaired) electrons. The van der Waals surface area contributed by atoms with Crippen LogP contribution in [0.25, 0.3) is 0 Å². The lowest BCUT2D eigenvalue weighted by Crippen LogP contribution is -2.27. The number of rotatable bonds is 3. The van der Waals surface area contributed by atoms with Crippen molar-refractivity contribution in [2.24, 2.45) is 5.73 Å². The van der Waals surface area contributed by atoms with Gasteiger partial charge in [-0.2, -0.15) is 30.4 Å². The van der Waals surface area contributed by atoms with Gasteiger partial charge in [0.15, 0.2) is 0 Å². The zero-order chi connectivity index (χ0) is 20.2. The van der Waals surface area contributed by atoms with Crippen molar-refractivity contribution >= 4 is 21.7 Å². The Hall–Kier alpha value is -1.82. The third-order valence-electron chi connectivity index (χ3n) is 2.81. The van der Waals surface area contributed by atoms with E-state index in [2.05, 4.69) is 4.98 Å². The normalized spacial score (nSPS) is 12.3. The third-order valence-corrected chi connectivity index (χ3v) is 3.97. The molecule has 0 aliphatic heterocycles. The van der Waals surface area contributed by atoms with Gasteiger partial charge < -0.3 is 5.73 Å². The maximum atomic E-state index is 13.0. The monoisotopic (exact) mass is 418 g/mol. The number of hydrogen-bond acceptors (Lipinski definition) is 4. The van der Waals surface area contributed by atoms with E-state index in [-0.39, 0.29) is 4.90 Å². The smallest absolute Gasteiger partial charge is 0.325 e. The van der Waals surface area contributed by atoms with E-state index in [0.29, 0.717) is 12.3 Å². The van der Waals surface area contributed by atoms with Crippen molar-refractivity contribution in [2.75, 3.05) is 6.54 Å². The highest BCUT2D eigenvalue weighted by atomic mass is 35.5. The Morgan fingerprint density at radius 1 is 1.12 bits per heavy atom. The summed E-state index contributed by atoms with van der Waals surface area (Å²) in [7, 11) is -4.00. The van der Waals surface area contributed by atoms with Gasteiger partial charge in [-0.3, -0.25) is 9.54 Å². The van der Waals surface area contributed by atoms with Crippen LogP contribution in [0.15, 0.2) is 47.5 Å². The molecule has 0 aliphatic rings. The molecule has 26 heavy (non-hydrogen) atoms. The Morgan fingerprint density at radius 3 is 2.00 bits per heavy atom. The minimum Gasteiger partial charge on any atom is -0.325 e. The maximum absolute atomic E-state index is 13.0. The third kappa shape index (κ3) is 6.16. The van der Waals surface area contributed by atoms with Gasteiger partial charge in [-0.1, -0.05) is 29.8 Å². The fourth-order valence-corrected chi connectivity index (χ4v) is 2.36. The molecule has 0 aliphatic carbocycles. The standard InChI is InChI=1S/C8H6ClF5N2.C6H6O3S/c9-5-1-4(8(12,13)14)2-16-6(5)7(10,11)3-15;7-10(8,9)6-4-2-1-3-5-6/h1-2H,3,15H2;1-5H,(H,7,8,9). The van der Waals surface area contributed by atoms with Gasteiger partial charge >= 0.3 is 12.1 Å². The lowest BCUT2D eigenvalue weighted by atomic mass is 10.2. The molecule has 144 valence electrons. The highest BCUT2D eigenvalue weighted by Crippen LogP contribution is 2.35. The van der Waals surface area contributed by atoms with Crippen molar-refractivity contribution in [1.82, 2.24) is 4.98 Å². The Morgan fingerprint density at radius 2 is 1.65 bits per heavy atom. The van der Waals surface area contributed by atoms with Crippen LogP contribution in [-0.2, 0) is 22.2 Å². The van der Waals surface area contributed by atoms with Crippen LogP contribution >= 0.6 is 11.6 Å². The molecule has 1 aromatic carbocycles. The van der Waals surface area contributed by atoms with Gasteiger partial charge in [0.1, 0.15) is 5.69 Å². The number of alkyl halides is 5. The van der Waals surface area contributed by atoms with Gasteiger partial charge in [-0.15, -0.1) is 0 Å². The molecule has 0 spiro atoms. The molecule has 1 aromatic heterocycles. The van der Waals surface area contributed by atoms with Crippen LogP contribution in [0.5, 0.6) is 0 Å². The summed E-state index contributed by atoms with van der Waals surface area (Å²) < 4.78 is 91.8. The van der Waals surface area contributed by atoms with Gasteiger partial charge in [-0.05, 0) is 18.2 Å². The number of benzene rings is 1. The van der Waals surface area contributed by atoms with Crippen LogP contribution in [0, 0.1) is 0 Å². The van der Waals surface area contributed by atoms with E-state index < -0.39 is 45.0 Å². The number of hydrogen-bond donors (Lipinski definition) is 2. The molecule has 2 rings (SSSR count). The van der Waals surface area contributed by atoms with E-state index in [4.69, 9.17) is 21.9 Å². The lowest BCUT2D eigenvalue weighted by Gasteiger charge is -2.15. The minimum atomic E-state index is -4.67. The summed E-state index contributed by atoms with van der Waals surface area (Å²) in [6.07, 6.45) is -4.38. The first-order valence-corrected chi connectivity index (χ1v) is 8.44. The highest BCUT2D eigenvalue weighted by molar-refractivity contribution is 7.85. The first-order chi connectivity index (χ1) is 11.8. The Bertz CT molecular complexity index is 845. The summed E-state index contributed by atoms with van der Waals surface area (Å²) in [5, 5.41) is -0.759. The largest absolute Gasteiger partial charge is 0.417 e. The van der Waals surface area contributed by atoms with Crippen molar-refractivity contribution in [3.63, 3.8) is 0 Å². The average Bonchev–Trinajstić information content (AvgIpc) is 2.54. The summed E-state index contributed by atoms with van der Waals surface area (Å²) in [5.74, 6) is -3.54. The van der Waals surface area contributed by atoms with Crippen LogP contribution in [0.4, 0.5) is 22.0 Å². The predicted octanol–water partition coefficient (Wildman–Crippen LogP) is 3.74. The number of aromatic nitrogens is 1. The average molecular weight is 419 g/mol. The molecule has 0 fully saturated rings. The summed E-state index contributed by atoms with van der Waals surface area (Å²) in [4.78, 5) is 2.93. The van der Waals surface area contributed by atoms with Crippen molar-refractivity contribution in [2.45, 2.75) is 17.0 Å². The number of nitrogens with two attached hydrogens (primary N) is 1. The molecule has 5 nitrogen and oxygen atoms in total. The van der Waals surface area contributed by atoms with Crippen LogP contribution in [0.3, 0.4) is 0 Å².